The van der Waals surface area contributed by atoms with Gasteiger partial charge in [-0.05, 0) is 31.7 Å². The van der Waals surface area contributed by atoms with Crippen LogP contribution < -0.4 is 0 Å². The van der Waals surface area contributed by atoms with Crippen LogP contribution in [0.25, 0.3) is 0 Å². The first-order valence-corrected chi connectivity index (χ1v) is 12.2. The fraction of sp³-hybridized carbons (Fsp3) is 0.500. The highest BCUT2D eigenvalue weighted by Gasteiger charge is 2.29. The topological polar surface area (TPSA) is 76.0 Å². The monoisotopic (exact) mass is 449 g/mol. The van der Waals surface area contributed by atoms with Crippen molar-refractivity contribution in [3.05, 3.63) is 70.6 Å². The number of esters is 1. The zero-order valence-corrected chi connectivity index (χ0v) is 19.8. The second-order valence-electron chi connectivity index (χ2n) is 8.73. The molecule has 7 heteroatoms. The third-order valence-corrected chi connectivity index (χ3v) is 6.20. The number of nitrogens with zero attached hydrogens (tertiary/aromatic N) is 4. The summed E-state index contributed by atoms with van der Waals surface area (Å²) < 4.78 is 7.37. The van der Waals surface area contributed by atoms with Gasteiger partial charge in [0.05, 0.1) is 6.61 Å². The second-order valence-corrected chi connectivity index (χ2v) is 8.73. The van der Waals surface area contributed by atoms with E-state index in [1.165, 1.54) is 11.3 Å². The number of imidazole rings is 1. The molecule has 0 aliphatic carbocycles. The van der Waals surface area contributed by atoms with Crippen molar-refractivity contribution in [1.82, 2.24) is 24.6 Å². The summed E-state index contributed by atoms with van der Waals surface area (Å²) in [5.41, 5.74) is 5.12. The van der Waals surface area contributed by atoms with Crippen LogP contribution in [0.2, 0.25) is 0 Å². The van der Waals surface area contributed by atoms with Crippen molar-refractivity contribution in [3.63, 3.8) is 0 Å². The van der Waals surface area contributed by atoms with E-state index in [9.17, 15) is 4.79 Å². The largest absolute Gasteiger partial charge is 0.461 e. The number of ether oxygens (including phenoxy) is 1. The number of rotatable bonds is 11. The molecule has 7 nitrogen and oxygen atoms in total. The molecule has 0 saturated heterocycles. The van der Waals surface area contributed by atoms with Crippen LogP contribution >= 0.6 is 0 Å². The van der Waals surface area contributed by atoms with Crippen LogP contribution in [-0.4, -0.2) is 43.8 Å². The number of carbonyl (C=O) groups excluding carboxylic acids is 1. The Morgan fingerprint density at radius 1 is 1.15 bits per heavy atom. The molecule has 0 amide bonds. The molecule has 0 spiro atoms. The molecule has 4 rings (SSSR count). The molecular weight excluding hydrogens is 414 g/mol. The van der Waals surface area contributed by atoms with Crippen molar-refractivity contribution >= 4 is 5.97 Å². The maximum absolute atomic E-state index is 12.7. The van der Waals surface area contributed by atoms with Crippen LogP contribution in [0.5, 0.6) is 0 Å². The van der Waals surface area contributed by atoms with Crippen molar-refractivity contribution in [2.24, 2.45) is 0 Å². The number of unbranched alkanes of at least 4 members (excludes halogenated alkanes) is 1. The minimum atomic E-state index is -0.319. The Morgan fingerprint density at radius 2 is 2.00 bits per heavy atom. The first-order valence-electron chi connectivity index (χ1n) is 12.2. The first kappa shape index (κ1) is 23.2. The SMILES string of the molecule is CCCCc1ncc(CN2CCc3c(c(C(=O)OCC)nn3CCCc3ccccc3)C2)[nH]1. The number of aryl methyl sites for hydroxylation is 3. The summed E-state index contributed by atoms with van der Waals surface area (Å²) in [4.78, 5) is 23.0. The van der Waals surface area contributed by atoms with Crippen molar-refractivity contribution < 1.29 is 9.53 Å². The molecule has 0 saturated carbocycles. The summed E-state index contributed by atoms with van der Waals surface area (Å²) in [7, 11) is 0. The molecule has 3 heterocycles. The van der Waals surface area contributed by atoms with Gasteiger partial charge in [0.15, 0.2) is 5.69 Å². The Morgan fingerprint density at radius 3 is 2.79 bits per heavy atom. The van der Waals surface area contributed by atoms with Crippen molar-refractivity contribution in [2.45, 2.75) is 72.0 Å². The minimum Gasteiger partial charge on any atom is -0.461 e. The Balaban J connectivity index is 1.45. The van der Waals surface area contributed by atoms with E-state index < -0.39 is 0 Å². The number of carbonyl (C=O) groups is 1. The Bertz CT molecular complexity index is 1040. The van der Waals surface area contributed by atoms with E-state index in [0.717, 1.165) is 75.2 Å². The maximum atomic E-state index is 12.7. The standard InChI is InChI=1S/C26H35N5O2/c1-3-5-13-24-27-17-21(28-24)18-30-16-14-23-22(19-30)25(26(32)33-4-2)29-31(23)15-9-12-20-10-7-6-8-11-20/h6-8,10-11,17H,3-5,9,12-16,18-19H2,1-2H3,(H,27,28). The van der Waals surface area contributed by atoms with Crippen LogP contribution in [0, 0.1) is 0 Å². The minimum absolute atomic E-state index is 0.319. The summed E-state index contributed by atoms with van der Waals surface area (Å²) in [6, 6.07) is 10.5. The number of H-pyrrole nitrogens is 1. The molecule has 0 bridgehead atoms. The zero-order chi connectivity index (χ0) is 23.0. The van der Waals surface area contributed by atoms with Gasteiger partial charge in [-0.2, -0.15) is 5.10 Å². The van der Waals surface area contributed by atoms with E-state index in [4.69, 9.17) is 9.84 Å². The summed E-state index contributed by atoms with van der Waals surface area (Å²) >= 11 is 0. The Kier molecular flexibility index (Phi) is 7.94. The number of hydrogen-bond donors (Lipinski definition) is 1. The normalized spacial score (nSPS) is 13.8. The highest BCUT2D eigenvalue weighted by molar-refractivity contribution is 5.89. The maximum Gasteiger partial charge on any atom is 0.359 e. The lowest BCUT2D eigenvalue weighted by molar-refractivity contribution is 0.0515. The Hall–Kier alpha value is -2.93. The van der Waals surface area contributed by atoms with Gasteiger partial charge in [0.1, 0.15) is 5.82 Å². The smallest absolute Gasteiger partial charge is 0.359 e. The van der Waals surface area contributed by atoms with Crippen LogP contribution in [0.15, 0.2) is 36.5 Å². The number of aromatic amines is 1. The third kappa shape index (κ3) is 5.90. The molecule has 33 heavy (non-hydrogen) atoms. The lowest BCUT2D eigenvalue weighted by Gasteiger charge is -2.27. The van der Waals surface area contributed by atoms with Gasteiger partial charge in [0, 0.05) is 62.2 Å². The molecule has 1 N–H and O–H groups in total. The first-order chi connectivity index (χ1) is 16.2. The van der Waals surface area contributed by atoms with Gasteiger partial charge in [-0.15, -0.1) is 0 Å². The molecule has 0 unspecified atom stereocenters. The molecule has 3 aromatic rings. The quantitative estimate of drug-likeness (QED) is 0.441. The Labute approximate surface area is 196 Å². The van der Waals surface area contributed by atoms with E-state index in [0.29, 0.717) is 18.8 Å². The molecule has 2 aromatic heterocycles. The zero-order valence-electron chi connectivity index (χ0n) is 19.8. The van der Waals surface area contributed by atoms with Crippen LogP contribution in [-0.2, 0) is 43.6 Å². The van der Waals surface area contributed by atoms with Gasteiger partial charge in [-0.3, -0.25) is 9.58 Å². The predicted molar refractivity (Wildman–Crippen MR) is 128 cm³/mol. The molecule has 1 aromatic carbocycles. The van der Waals surface area contributed by atoms with Crippen molar-refractivity contribution in [1.29, 1.82) is 0 Å². The fourth-order valence-electron chi connectivity index (χ4n) is 4.51. The summed E-state index contributed by atoms with van der Waals surface area (Å²) in [5.74, 6) is 0.740. The van der Waals surface area contributed by atoms with Crippen molar-refractivity contribution in [2.75, 3.05) is 13.2 Å². The summed E-state index contributed by atoms with van der Waals surface area (Å²) in [6.07, 6.45) is 8.10. The molecule has 1 aliphatic rings. The van der Waals surface area contributed by atoms with Crippen LogP contribution in [0.1, 0.15) is 71.9 Å². The summed E-state index contributed by atoms with van der Waals surface area (Å²) in [5, 5.41) is 4.72. The average molecular weight is 450 g/mol. The lowest BCUT2D eigenvalue weighted by Crippen LogP contribution is -2.31. The predicted octanol–water partition coefficient (Wildman–Crippen LogP) is 4.32. The highest BCUT2D eigenvalue weighted by atomic mass is 16.5. The van der Waals surface area contributed by atoms with E-state index in [1.54, 1.807) is 0 Å². The van der Waals surface area contributed by atoms with Gasteiger partial charge >= 0.3 is 5.97 Å². The lowest BCUT2D eigenvalue weighted by atomic mass is 10.0. The van der Waals surface area contributed by atoms with Gasteiger partial charge in [0.25, 0.3) is 0 Å². The van der Waals surface area contributed by atoms with Crippen LogP contribution in [0.4, 0.5) is 0 Å². The van der Waals surface area contributed by atoms with Gasteiger partial charge in [0.2, 0.25) is 0 Å². The van der Waals surface area contributed by atoms with Gasteiger partial charge < -0.3 is 9.72 Å². The number of aromatic nitrogens is 4. The van der Waals surface area contributed by atoms with E-state index in [2.05, 4.69) is 46.1 Å². The van der Waals surface area contributed by atoms with E-state index in [-0.39, 0.29) is 5.97 Å². The fourth-order valence-corrected chi connectivity index (χ4v) is 4.51. The van der Waals surface area contributed by atoms with E-state index >= 15 is 0 Å². The molecule has 0 atom stereocenters. The number of hydrogen-bond acceptors (Lipinski definition) is 5. The molecule has 0 radical (unpaired) electrons. The number of benzene rings is 1. The third-order valence-electron chi connectivity index (χ3n) is 6.20. The van der Waals surface area contributed by atoms with Gasteiger partial charge in [-0.1, -0.05) is 43.7 Å². The molecule has 176 valence electrons. The molecule has 1 aliphatic heterocycles. The molecule has 0 fully saturated rings. The highest BCUT2D eigenvalue weighted by Crippen LogP contribution is 2.25. The number of nitrogens with one attached hydrogen (secondary N) is 1. The van der Waals surface area contributed by atoms with Gasteiger partial charge in [-0.25, -0.2) is 9.78 Å². The van der Waals surface area contributed by atoms with E-state index in [1.807, 2.05) is 23.9 Å². The second kappa shape index (κ2) is 11.3. The average Bonchev–Trinajstić information content (AvgIpc) is 3.43. The van der Waals surface area contributed by atoms with Crippen LogP contribution in [0.3, 0.4) is 0 Å². The number of fused-ring (bicyclic) bond motifs is 1. The van der Waals surface area contributed by atoms with Crippen molar-refractivity contribution in [3.8, 4) is 0 Å². The molecular formula is C26H35N5O2. The summed E-state index contributed by atoms with van der Waals surface area (Å²) in [6.45, 7) is 7.61.